The lowest BCUT2D eigenvalue weighted by Crippen LogP contribution is -2.31. The Labute approximate surface area is 493 Å². The molecule has 0 fully saturated rings. The molecule has 0 aliphatic carbocycles. The fraction of sp³-hybridized carbons (Fsp3) is 0.320. The van der Waals surface area contributed by atoms with Gasteiger partial charge in [0.2, 0.25) is 69.7 Å². The third-order valence-corrected chi connectivity index (χ3v) is 9.36. The van der Waals surface area contributed by atoms with Crippen molar-refractivity contribution < 1.29 is 154 Å². The molecule has 5 aromatic rings. The van der Waals surface area contributed by atoms with Gasteiger partial charge in [-0.05, 0) is 75.4 Å². The van der Waals surface area contributed by atoms with Crippen LogP contribution >= 0.6 is 34.8 Å². The van der Waals surface area contributed by atoms with E-state index in [2.05, 4.69) is 18.9 Å². The minimum Gasteiger partial charge on any atom is -0.480 e. The Morgan fingerprint density at radius 2 is 0.678 bits per heavy atom. The lowest BCUT2D eigenvalue weighted by molar-refractivity contribution is -0.197. The quantitative estimate of drug-likeness (QED) is 0.0423. The summed E-state index contributed by atoms with van der Waals surface area (Å²) >= 11 is 16.6. The predicted octanol–water partition coefficient (Wildman–Crippen LogP) is 18.7. The number of esters is 2. The molecule has 37 heteroatoms. The van der Waals surface area contributed by atoms with Crippen molar-refractivity contribution in [2.45, 2.75) is 108 Å². The van der Waals surface area contributed by atoms with Gasteiger partial charge in [-0.25, -0.2) is 49.9 Å². The second-order valence-electron chi connectivity index (χ2n) is 14.4. The highest BCUT2D eigenvalue weighted by atomic mass is 35.5. The maximum Gasteiger partial charge on any atom is 0.491 e. The molecule has 0 saturated carbocycles. The number of carbonyl (C=O) groups is 4. The highest BCUT2D eigenvalue weighted by molar-refractivity contribution is 6.33. The summed E-state index contributed by atoms with van der Waals surface area (Å²) in [7, 11) is 0. The topological polar surface area (TPSA) is 166 Å². The Morgan fingerprint density at radius 1 is 0.414 bits per heavy atom. The average molecular weight is 1370 g/mol. The molecule has 0 spiro atoms. The van der Waals surface area contributed by atoms with Crippen molar-refractivity contribution in [2.24, 2.45) is 0 Å². The van der Waals surface area contributed by atoms with E-state index in [1.54, 1.807) is 0 Å². The summed E-state index contributed by atoms with van der Waals surface area (Å²) in [5.74, 6) is -37.4. The molecule has 3 atom stereocenters. The van der Waals surface area contributed by atoms with E-state index in [1.807, 2.05) is 0 Å². The summed E-state index contributed by atoms with van der Waals surface area (Å²) in [6, 6.07) is 8.87. The molecule has 0 aromatic heterocycles. The number of aliphatic hydroxyl groups is 1. The second kappa shape index (κ2) is 36.8. The molecular weight excluding hydrogens is 1320 g/mol. The van der Waals surface area contributed by atoms with Crippen LogP contribution in [-0.2, 0) is 4.79 Å². The summed E-state index contributed by atoms with van der Waals surface area (Å²) in [6.07, 6.45) is -25.8. The van der Waals surface area contributed by atoms with Gasteiger partial charge in [0.25, 0.3) is 0 Å². The molecular formula is C50H48Cl3F23O11. The Bertz CT molecular complexity index is 3020. The number of carboxylic acid groups (broad SMARTS) is 2. The number of aromatic carboxylic acids is 2. The summed E-state index contributed by atoms with van der Waals surface area (Å²) < 4.78 is 300. The number of halogens is 26. The largest absolute Gasteiger partial charge is 0.491 e. The van der Waals surface area contributed by atoms with Crippen LogP contribution < -0.4 is 18.9 Å². The van der Waals surface area contributed by atoms with Crippen LogP contribution in [0.1, 0.15) is 96.4 Å². The smallest absolute Gasteiger partial charge is 0.480 e. The van der Waals surface area contributed by atoms with Crippen molar-refractivity contribution in [3.8, 4) is 23.0 Å². The Hall–Kier alpha value is -7.20. The maximum absolute atomic E-state index is 13.5. The zero-order valence-corrected chi connectivity index (χ0v) is 41.1. The average Bonchev–Trinajstić information content (AvgIpc) is 3.58. The van der Waals surface area contributed by atoms with Crippen LogP contribution in [-0.4, -0.2) is 82.2 Å². The molecule has 0 unspecified atom stereocenters. The van der Waals surface area contributed by atoms with E-state index < -0.39 is 159 Å². The molecule has 0 saturated heterocycles. The molecule has 0 aliphatic rings. The first kappa shape index (κ1) is 91.0. The fourth-order valence-corrected chi connectivity index (χ4v) is 4.88. The van der Waals surface area contributed by atoms with E-state index in [4.69, 9.17) is 50.1 Å². The number of alkyl halides is 12. The second-order valence-corrected chi connectivity index (χ2v) is 15.6. The number of carboxylic acids is 2. The van der Waals surface area contributed by atoms with Gasteiger partial charge in [0.15, 0.2) is 12.2 Å². The zero-order chi connectivity index (χ0) is 63.4. The standard InChI is InChI=1S/C16H7ClF8O3.C10H8ClF3O3.C8F8O2.C7H4ClFO2.C3H5F3O.6CH4/c1-5(16(23,24)25)27-8-3-2-6(4-7(8)17)15(26)28-14-12(21)10(19)9(18)11(20)13(14)22;1-5(10(12,13)14)17-8-3-2-6(9(15)16)4-7(8)11;9-1-2(10)4(12)6(5(13)3(1)11)18-7(17)8(14,15)16;8-5-3-4(7(10)11)1-2-6(5)9;1-2(7)3(4,5)6;;;;;;/h2-5H,1H3;2-5H,1H3,(H,15,16);;1-3H,(H,10,11);2,7H,1H3;6*1H4/t2*5-;;;2-;;;;;;/m11..1....../s1. The zero-order valence-electron chi connectivity index (χ0n) is 38.9. The molecule has 496 valence electrons. The van der Waals surface area contributed by atoms with E-state index in [-0.39, 0.29) is 71.5 Å². The van der Waals surface area contributed by atoms with Gasteiger partial charge in [-0.2, -0.15) is 70.2 Å². The fourth-order valence-electron chi connectivity index (χ4n) is 4.25. The SMILES string of the molecule is C.C.C.C.C.C.C[C@@H](O)C(F)(F)F.C[C@@H](Oc1ccc(C(=O)O)cc1Cl)C(F)(F)F.C[C@@H](Oc1ccc(C(=O)Oc2c(F)c(F)c(F)c(F)c2F)cc1Cl)C(F)(F)F.O=C(O)c1ccc(F)c(Cl)c1.O=C(Oc1c(F)c(F)c(F)c(F)c1F)C(F)(F)F. The van der Waals surface area contributed by atoms with Gasteiger partial charge >= 0.3 is 48.6 Å². The summed E-state index contributed by atoms with van der Waals surface area (Å²) in [4.78, 5) is 43.0. The Morgan fingerprint density at radius 3 is 0.943 bits per heavy atom. The number of hydrogen-bond acceptors (Lipinski definition) is 9. The van der Waals surface area contributed by atoms with Gasteiger partial charge in [0.1, 0.15) is 23.4 Å². The monoisotopic (exact) mass is 1370 g/mol. The molecule has 3 N–H and O–H groups in total. The van der Waals surface area contributed by atoms with Crippen molar-refractivity contribution in [3.63, 3.8) is 0 Å². The third-order valence-electron chi connectivity index (χ3n) is 8.48. The minimum absolute atomic E-state index is 0. The number of aliphatic hydroxyl groups excluding tert-OH is 1. The van der Waals surface area contributed by atoms with E-state index in [1.165, 1.54) is 0 Å². The molecule has 11 nitrogen and oxygen atoms in total. The van der Waals surface area contributed by atoms with Crippen molar-refractivity contribution in [3.05, 3.63) is 150 Å². The van der Waals surface area contributed by atoms with Crippen molar-refractivity contribution >= 4 is 58.7 Å². The number of ether oxygens (including phenoxy) is 4. The first-order chi connectivity index (χ1) is 36.7. The van der Waals surface area contributed by atoms with Crippen molar-refractivity contribution in [1.29, 1.82) is 0 Å². The van der Waals surface area contributed by atoms with Gasteiger partial charge in [-0.15, -0.1) is 0 Å². The number of hydrogen-bond donors (Lipinski definition) is 3. The lowest BCUT2D eigenvalue weighted by Gasteiger charge is -2.18. The van der Waals surface area contributed by atoms with Gasteiger partial charge < -0.3 is 34.3 Å². The molecule has 0 heterocycles. The minimum atomic E-state index is -5.65. The number of carbonyl (C=O) groups excluding carboxylic acids is 2. The van der Waals surface area contributed by atoms with Gasteiger partial charge in [0, 0.05) is 0 Å². The van der Waals surface area contributed by atoms with Crippen LogP contribution in [0.2, 0.25) is 15.1 Å². The van der Waals surface area contributed by atoms with Crippen molar-refractivity contribution in [2.75, 3.05) is 0 Å². The van der Waals surface area contributed by atoms with Crippen LogP contribution in [0.4, 0.5) is 101 Å². The predicted molar refractivity (Wildman–Crippen MR) is 268 cm³/mol. The number of benzene rings is 5. The van der Waals surface area contributed by atoms with E-state index in [0.717, 1.165) is 61.5 Å². The van der Waals surface area contributed by atoms with Crippen LogP contribution in [0.25, 0.3) is 0 Å². The lowest BCUT2D eigenvalue weighted by atomic mass is 10.2. The normalized spacial score (nSPS) is 11.6. The highest BCUT2D eigenvalue weighted by Gasteiger charge is 2.44. The summed E-state index contributed by atoms with van der Waals surface area (Å²) in [5, 5.41) is 24.0. The molecule has 0 bridgehead atoms. The first-order valence-corrected chi connectivity index (χ1v) is 21.1. The van der Waals surface area contributed by atoms with Crippen LogP contribution in [0.15, 0.2) is 54.6 Å². The first-order valence-electron chi connectivity index (χ1n) is 19.9. The summed E-state index contributed by atoms with van der Waals surface area (Å²) in [6.45, 7) is 2.21. The van der Waals surface area contributed by atoms with E-state index in [9.17, 15) is 120 Å². The number of rotatable bonds is 9. The van der Waals surface area contributed by atoms with Gasteiger partial charge in [0.05, 0.1) is 31.8 Å². The molecule has 5 rings (SSSR count). The Balaban J connectivity index is -0.000000246. The van der Waals surface area contributed by atoms with Crippen LogP contribution in [0.3, 0.4) is 0 Å². The molecule has 0 aliphatic heterocycles. The highest BCUT2D eigenvalue weighted by Crippen LogP contribution is 2.35. The van der Waals surface area contributed by atoms with Crippen molar-refractivity contribution in [1.82, 2.24) is 0 Å². The van der Waals surface area contributed by atoms with Gasteiger partial charge in [-0.1, -0.05) is 79.4 Å². The van der Waals surface area contributed by atoms with E-state index in [0.29, 0.717) is 13.8 Å². The third kappa shape index (κ3) is 26.8. The molecule has 87 heavy (non-hydrogen) atoms. The van der Waals surface area contributed by atoms with E-state index >= 15 is 0 Å². The molecule has 0 amide bonds. The maximum atomic E-state index is 13.5. The van der Waals surface area contributed by atoms with Gasteiger partial charge in [-0.3, -0.25) is 0 Å². The van der Waals surface area contributed by atoms with Crippen LogP contribution in [0, 0.1) is 64.0 Å². The Kier molecular flexibility index (Phi) is 38.5. The molecule has 0 radical (unpaired) electrons. The summed E-state index contributed by atoms with van der Waals surface area (Å²) in [5.41, 5.74) is -0.695. The van der Waals surface area contributed by atoms with Crippen LogP contribution in [0.5, 0.6) is 23.0 Å². The molecule has 5 aromatic carbocycles.